The van der Waals surface area contributed by atoms with Gasteiger partial charge in [-0.25, -0.2) is 9.18 Å². The van der Waals surface area contributed by atoms with Gasteiger partial charge in [-0.05, 0) is 54.8 Å². The fraction of sp³-hybridized carbons (Fsp3) is 0.182. The molecule has 1 aromatic heterocycles. The Hall–Kier alpha value is -3.41. The normalized spacial score (nSPS) is 13.7. The first kappa shape index (κ1) is 18.0. The van der Waals surface area contributed by atoms with Gasteiger partial charge in [-0.15, -0.1) is 0 Å². The predicted octanol–water partition coefficient (Wildman–Crippen LogP) is 3.94. The maximum Gasteiger partial charge on any atom is 0.341 e. The standard InChI is InChI=1S/C22H19FN2O3/c23-16-5-9-18(10-6-16)25-14-19(22(27)28)21(26)13-20(25)15-3-7-17(8-4-15)24-11-1-2-12-24/h3-10,13-14H,1-2,11-12H2,(H,27,28). The maximum absolute atomic E-state index is 13.3. The molecule has 5 nitrogen and oxygen atoms in total. The minimum Gasteiger partial charge on any atom is -0.477 e. The molecule has 0 amide bonds. The van der Waals surface area contributed by atoms with Crippen LogP contribution in [0.4, 0.5) is 10.1 Å². The number of hydrogen-bond acceptors (Lipinski definition) is 3. The second-order valence-electron chi connectivity index (χ2n) is 6.83. The van der Waals surface area contributed by atoms with Gasteiger partial charge < -0.3 is 14.6 Å². The zero-order valence-electron chi connectivity index (χ0n) is 15.1. The minimum atomic E-state index is -1.29. The SMILES string of the molecule is O=C(O)c1cn(-c2ccc(F)cc2)c(-c2ccc(N3CCCC3)cc2)cc1=O. The van der Waals surface area contributed by atoms with E-state index in [1.54, 1.807) is 16.7 Å². The van der Waals surface area contributed by atoms with Crippen LogP contribution in [0.1, 0.15) is 23.2 Å². The summed E-state index contributed by atoms with van der Waals surface area (Å²) in [6.07, 6.45) is 3.66. The first-order chi connectivity index (χ1) is 13.5. The molecule has 1 N–H and O–H groups in total. The van der Waals surface area contributed by atoms with E-state index in [-0.39, 0.29) is 11.4 Å². The molecule has 28 heavy (non-hydrogen) atoms. The molecule has 0 aliphatic carbocycles. The van der Waals surface area contributed by atoms with Crippen LogP contribution in [0.2, 0.25) is 0 Å². The molecule has 1 fully saturated rings. The Bertz CT molecular complexity index is 1070. The van der Waals surface area contributed by atoms with Crippen molar-refractivity contribution in [3.63, 3.8) is 0 Å². The lowest BCUT2D eigenvalue weighted by Gasteiger charge is -2.19. The molecule has 142 valence electrons. The minimum absolute atomic E-state index is 0.332. The molecule has 0 spiro atoms. The van der Waals surface area contributed by atoms with Crippen molar-refractivity contribution in [3.05, 3.63) is 82.4 Å². The summed E-state index contributed by atoms with van der Waals surface area (Å²) in [6, 6.07) is 14.9. The molecule has 1 aliphatic rings. The summed E-state index contributed by atoms with van der Waals surface area (Å²) in [6.45, 7) is 2.07. The highest BCUT2D eigenvalue weighted by Gasteiger charge is 2.16. The number of nitrogens with zero attached hydrogens (tertiary/aromatic N) is 2. The molecule has 0 unspecified atom stereocenters. The zero-order chi connectivity index (χ0) is 19.7. The first-order valence-corrected chi connectivity index (χ1v) is 9.14. The van der Waals surface area contributed by atoms with E-state index in [1.807, 2.05) is 24.3 Å². The Labute approximate surface area is 161 Å². The zero-order valence-corrected chi connectivity index (χ0v) is 15.1. The number of carboxylic acids is 1. The molecule has 6 heteroatoms. The van der Waals surface area contributed by atoms with Gasteiger partial charge in [0.25, 0.3) is 0 Å². The molecule has 1 aliphatic heterocycles. The summed E-state index contributed by atoms with van der Waals surface area (Å²) in [4.78, 5) is 26.0. The molecule has 2 heterocycles. The van der Waals surface area contributed by atoms with Gasteiger partial charge in [0.05, 0.1) is 5.69 Å². The average Bonchev–Trinajstić information content (AvgIpc) is 3.23. The highest BCUT2D eigenvalue weighted by atomic mass is 19.1. The van der Waals surface area contributed by atoms with E-state index in [0.29, 0.717) is 11.4 Å². The predicted molar refractivity (Wildman–Crippen MR) is 106 cm³/mol. The number of aromatic nitrogens is 1. The van der Waals surface area contributed by atoms with Crippen molar-refractivity contribution in [2.75, 3.05) is 18.0 Å². The van der Waals surface area contributed by atoms with Crippen molar-refractivity contribution in [2.45, 2.75) is 12.8 Å². The van der Waals surface area contributed by atoms with Gasteiger partial charge in [0.1, 0.15) is 11.4 Å². The second kappa shape index (κ2) is 7.31. The highest BCUT2D eigenvalue weighted by molar-refractivity contribution is 5.87. The monoisotopic (exact) mass is 378 g/mol. The Morgan fingerprint density at radius 1 is 0.929 bits per heavy atom. The number of benzene rings is 2. The third-order valence-electron chi connectivity index (χ3n) is 5.02. The second-order valence-corrected chi connectivity index (χ2v) is 6.83. The third-order valence-corrected chi connectivity index (χ3v) is 5.02. The number of carbonyl (C=O) groups is 1. The quantitative estimate of drug-likeness (QED) is 0.747. The molecular formula is C22H19FN2O3. The number of hydrogen-bond donors (Lipinski definition) is 1. The van der Waals surface area contributed by atoms with Gasteiger partial charge in [0, 0.05) is 36.7 Å². The van der Waals surface area contributed by atoms with Crippen molar-refractivity contribution in [3.8, 4) is 16.9 Å². The Balaban J connectivity index is 1.83. The Kier molecular flexibility index (Phi) is 4.69. The van der Waals surface area contributed by atoms with Crippen LogP contribution >= 0.6 is 0 Å². The largest absolute Gasteiger partial charge is 0.477 e. The molecule has 1 saturated heterocycles. The lowest BCUT2D eigenvalue weighted by atomic mass is 10.1. The number of rotatable bonds is 4. The van der Waals surface area contributed by atoms with Crippen LogP contribution < -0.4 is 10.3 Å². The summed E-state index contributed by atoms with van der Waals surface area (Å²) >= 11 is 0. The summed E-state index contributed by atoms with van der Waals surface area (Å²) in [5.41, 5.74) is 2.13. The van der Waals surface area contributed by atoms with Gasteiger partial charge in [0.2, 0.25) is 0 Å². The van der Waals surface area contributed by atoms with Gasteiger partial charge in [-0.1, -0.05) is 12.1 Å². The smallest absolute Gasteiger partial charge is 0.341 e. The van der Waals surface area contributed by atoms with Gasteiger partial charge >= 0.3 is 5.97 Å². The first-order valence-electron chi connectivity index (χ1n) is 9.14. The Morgan fingerprint density at radius 2 is 1.54 bits per heavy atom. The van der Waals surface area contributed by atoms with Crippen LogP contribution in [0.5, 0.6) is 0 Å². The van der Waals surface area contributed by atoms with E-state index in [4.69, 9.17) is 0 Å². The van der Waals surface area contributed by atoms with Gasteiger partial charge in [-0.3, -0.25) is 4.79 Å². The number of pyridine rings is 1. The number of halogens is 1. The molecule has 2 aromatic carbocycles. The van der Waals surface area contributed by atoms with Crippen LogP contribution in [-0.4, -0.2) is 28.7 Å². The lowest BCUT2D eigenvalue weighted by molar-refractivity contribution is 0.0695. The Morgan fingerprint density at radius 3 is 2.14 bits per heavy atom. The summed E-state index contributed by atoms with van der Waals surface area (Å²) in [7, 11) is 0. The molecule has 0 saturated carbocycles. The van der Waals surface area contributed by atoms with Gasteiger partial charge in [-0.2, -0.15) is 0 Å². The highest BCUT2D eigenvalue weighted by Crippen LogP contribution is 2.27. The fourth-order valence-electron chi connectivity index (χ4n) is 3.55. The molecule has 0 bridgehead atoms. The number of carboxylic acid groups (broad SMARTS) is 1. The van der Waals surface area contributed by atoms with Crippen molar-refractivity contribution in [1.29, 1.82) is 0 Å². The molecule has 3 aromatic rings. The topological polar surface area (TPSA) is 62.5 Å². The van der Waals surface area contributed by atoms with E-state index in [2.05, 4.69) is 4.90 Å². The van der Waals surface area contributed by atoms with E-state index in [9.17, 15) is 19.1 Å². The lowest BCUT2D eigenvalue weighted by Crippen LogP contribution is -2.18. The molecule has 0 radical (unpaired) electrons. The third kappa shape index (κ3) is 3.41. The summed E-state index contributed by atoms with van der Waals surface area (Å²) in [5, 5.41) is 9.32. The van der Waals surface area contributed by atoms with Crippen LogP contribution in [0.25, 0.3) is 16.9 Å². The summed E-state index contributed by atoms with van der Waals surface area (Å²) in [5.74, 6) is -1.68. The number of aromatic carboxylic acids is 1. The number of anilines is 1. The van der Waals surface area contributed by atoms with E-state index in [1.165, 1.54) is 37.2 Å². The van der Waals surface area contributed by atoms with Gasteiger partial charge in [0.15, 0.2) is 5.43 Å². The maximum atomic E-state index is 13.3. The van der Waals surface area contributed by atoms with Crippen molar-refractivity contribution in [2.24, 2.45) is 0 Å². The fourth-order valence-corrected chi connectivity index (χ4v) is 3.55. The summed E-state index contributed by atoms with van der Waals surface area (Å²) < 4.78 is 14.9. The molecule has 4 rings (SSSR count). The average molecular weight is 378 g/mol. The van der Waals surface area contributed by atoms with Crippen LogP contribution in [-0.2, 0) is 0 Å². The van der Waals surface area contributed by atoms with E-state index < -0.39 is 11.4 Å². The molecular weight excluding hydrogens is 359 g/mol. The van der Waals surface area contributed by atoms with Crippen molar-refractivity contribution in [1.82, 2.24) is 4.57 Å². The van der Waals surface area contributed by atoms with E-state index in [0.717, 1.165) is 24.3 Å². The van der Waals surface area contributed by atoms with Crippen LogP contribution in [0.15, 0.2) is 65.6 Å². The van der Waals surface area contributed by atoms with Crippen LogP contribution in [0, 0.1) is 5.82 Å². The molecule has 0 atom stereocenters. The van der Waals surface area contributed by atoms with Crippen molar-refractivity contribution >= 4 is 11.7 Å². The van der Waals surface area contributed by atoms with Crippen molar-refractivity contribution < 1.29 is 14.3 Å². The van der Waals surface area contributed by atoms with E-state index >= 15 is 0 Å². The van der Waals surface area contributed by atoms with Crippen LogP contribution in [0.3, 0.4) is 0 Å².